The minimum atomic E-state index is -0.628. The molecule has 0 aliphatic carbocycles. The summed E-state index contributed by atoms with van der Waals surface area (Å²) in [6.45, 7) is 15.4. The van der Waals surface area contributed by atoms with Gasteiger partial charge in [0.15, 0.2) is 0 Å². The predicted octanol–water partition coefficient (Wildman–Crippen LogP) is 4.98. The first-order valence-electron chi connectivity index (χ1n) is 11.0. The van der Waals surface area contributed by atoms with Gasteiger partial charge in [0.1, 0.15) is 11.5 Å². The van der Waals surface area contributed by atoms with E-state index < -0.39 is 23.9 Å². The molecule has 36 heavy (non-hydrogen) atoms. The number of benzene rings is 2. The summed E-state index contributed by atoms with van der Waals surface area (Å²) in [5, 5.41) is 0. The maximum atomic E-state index is 12.3. The minimum Gasteiger partial charge on any atom is -0.462 e. The minimum absolute atomic E-state index is 0.0810. The monoisotopic (exact) mass is 492 g/mol. The summed E-state index contributed by atoms with van der Waals surface area (Å²) in [6.07, 6.45) is 0.351. The van der Waals surface area contributed by atoms with Gasteiger partial charge in [0.25, 0.3) is 0 Å². The third-order valence-electron chi connectivity index (χ3n) is 4.56. The van der Waals surface area contributed by atoms with Gasteiger partial charge in [-0.3, -0.25) is 0 Å². The molecule has 0 radical (unpaired) electrons. The van der Waals surface area contributed by atoms with Gasteiger partial charge < -0.3 is 18.9 Å². The van der Waals surface area contributed by atoms with Crippen molar-refractivity contribution in [3.8, 4) is 22.6 Å². The quantitative estimate of drug-likeness (QED) is 0.187. The van der Waals surface area contributed by atoms with Crippen molar-refractivity contribution in [1.82, 2.24) is 0 Å². The van der Waals surface area contributed by atoms with Crippen molar-refractivity contribution < 1.29 is 38.1 Å². The first kappa shape index (κ1) is 27.8. The number of hydrogen-bond donors (Lipinski definition) is 0. The predicted molar refractivity (Wildman–Crippen MR) is 133 cm³/mol. The number of rotatable bonds is 11. The van der Waals surface area contributed by atoms with E-state index in [9.17, 15) is 19.2 Å². The number of hydrogen-bond acceptors (Lipinski definition) is 8. The number of ether oxygens (including phenoxy) is 4. The Bertz CT molecular complexity index is 1160. The third kappa shape index (κ3) is 8.39. The van der Waals surface area contributed by atoms with Crippen molar-refractivity contribution in [1.29, 1.82) is 0 Å². The molecule has 0 N–H and O–H groups in total. The van der Waals surface area contributed by atoms with Crippen molar-refractivity contribution in [2.45, 2.75) is 27.2 Å². The molecule has 0 atom stereocenters. The molecule has 0 aliphatic heterocycles. The Hall–Kier alpha value is -4.46. The molecule has 0 unspecified atom stereocenters. The summed E-state index contributed by atoms with van der Waals surface area (Å²) in [7, 11) is 0. The molecule has 8 nitrogen and oxygen atoms in total. The standard InChI is InChI=1S/C28H28O8/c1-17(2)25(29)33-12-7-13-34-28(32)21-10-8-20(9-11-21)22-14-23(35-26(30)18(3)4)16-24(15-22)36-27(31)19(5)6/h8-11,14-16H,1,3,5,7,12-13H2,2,4,6H3. The molecule has 0 aliphatic rings. The lowest BCUT2D eigenvalue weighted by molar-refractivity contribution is -0.139. The van der Waals surface area contributed by atoms with Gasteiger partial charge in [-0.15, -0.1) is 0 Å². The van der Waals surface area contributed by atoms with Crippen molar-refractivity contribution in [2.75, 3.05) is 13.2 Å². The van der Waals surface area contributed by atoms with Crippen LogP contribution in [0.15, 0.2) is 78.9 Å². The molecule has 0 aromatic heterocycles. The number of carbonyl (C=O) groups excluding carboxylic acids is 4. The second kappa shape index (κ2) is 12.9. The number of esters is 4. The lowest BCUT2D eigenvalue weighted by atomic mass is 10.0. The molecule has 0 heterocycles. The fourth-order valence-corrected chi connectivity index (χ4v) is 2.64. The summed E-state index contributed by atoms with van der Waals surface area (Å²) < 4.78 is 20.8. The number of carbonyl (C=O) groups is 4. The lowest BCUT2D eigenvalue weighted by Crippen LogP contribution is -2.11. The smallest absolute Gasteiger partial charge is 0.338 e. The Morgan fingerprint density at radius 1 is 0.639 bits per heavy atom. The second-order valence-corrected chi connectivity index (χ2v) is 8.02. The first-order chi connectivity index (χ1) is 17.0. The summed E-state index contributed by atoms with van der Waals surface area (Å²) in [4.78, 5) is 47.6. The second-order valence-electron chi connectivity index (χ2n) is 8.02. The van der Waals surface area contributed by atoms with Crippen LogP contribution in [0.4, 0.5) is 0 Å². The molecule has 2 aromatic carbocycles. The van der Waals surface area contributed by atoms with Gasteiger partial charge >= 0.3 is 23.9 Å². The fourth-order valence-electron chi connectivity index (χ4n) is 2.64. The highest BCUT2D eigenvalue weighted by atomic mass is 16.6. The summed E-state index contributed by atoms with van der Waals surface area (Å²) in [5.74, 6) is -1.98. The molecule has 0 saturated carbocycles. The highest BCUT2D eigenvalue weighted by Gasteiger charge is 2.14. The molecule has 2 aromatic rings. The van der Waals surface area contributed by atoms with Crippen LogP contribution in [0.2, 0.25) is 0 Å². The SMILES string of the molecule is C=C(C)C(=O)OCCCOC(=O)c1ccc(-c2cc(OC(=O)C(=C)C)cc(OC(=O)C(=C)C)c2)cc1. The zero-order valence-electron chi connectivity index (χ0n) is 20.6. The van der Waals surface area contributed by atoms with E-state index >= 15 is 0 Å². The van der Waals surface area contributed by atoms with E-state index in [1.807, 2.05) is 0 Å². The van der Waals surface area contributed by atoms with Gasteiger partial charge in [0.05, 0.1) is 18.8 Å². The van der Waals surface area contributed by atoms with Crippen LogP contribution in [0.25, 0.3) is 11.1 Å². The fraction of sp³-hybridized carbons (Fsp3) is 0.214. The van der Waals surface area contributed by atoms with Gasteiger partial charge in [-0.05, 0) is 56.2 Å². The van der Waals surface area contributed by atoms with Crippen molar-refractivity contribution in [3.05, 3.63) is 84.5 Å². The molecule has 8 heteroatoms. The summed E-state index contributed by atoms with van der Waals surface area (Å²) >= 11 is 0. The molecule has 0 spiro atoms. The molecule has 188 valence electrons. The zero-order chi connectivity index (χ0) is 26.8. The highest BCUT2D eigenvalue weighted by Crippen LogP contribution is 2.31. The molecule has 0 amide bonds. The highest BCUT2D eigenvalue weighted by molar-refractivity contribution is 5.91. The van der Waals surface area contributed by atoms with E-state index in [1.54, 1.807) is 43.3 Å². The van der Waals surface area contributed by atoms with Crippen molar-refractivity contribution in [3.63, 3.8) is 0 Å². The van der Waals surface area contributed by atoms with Gasteiger partial charge in [-0.1, -0.05) is 31.9 Å². The van der Waals surface area contributed by atoms with E-state index in [2.05, 4.69) is 19.7 Å². The van der Waals surface area contributed by atoms with Crippen molar-refractivity contribution in [2.24, 2.45) is 0 Å². The van der Waals surface area contributed by atoms with E-state index in [0.717, 1.165) is 0 Å². The van der Waals surface area contributed by atoms with Crippen LogP contribution in [-0.4, -0.2) is 37.1 Å². The molecule has 0 bridgehead atoms. The van der Waals surface area contributed by atoms with Crippen LogP contribution < -0.4 is 9.47 Å². The summed E-state index contributed by atoms with van der Waals surface area (Å²) in [6, 6.07) is 11.1. The summed E-state index contributed by atoms with van der Waals surface area (Å²) in [5.41, 5.74) is 2.27. The van der Waals surface area contributed by atoms with Gasteiger partial charge in [-0.25, -0.2) is 19.2 Å². The Morgan fingerprint density at radius 3 is 1.58 bits per heavy atom. The lowest BCUT2D eigenvalue weighted by Gasteiger charge is -2.11. The van der Waals surface area contributed by atoms with E-state index in [4.69, 9.17) is 18.9 Å². The Labute approximate surface area is 209 Å². The Morgan fingerprint density at radius 2 is 1.11 bits per heavy atom. The van der Waals surface area contributed by atoms with Crippen molar-refractivity contribution >= 4 is 23.9 Å². The van der Waals surface area contributed by atoms with Crippen LogP contribution >= 0.6 is 0 Å². The molecule has 0 fully saturated rings. The maximum Gasteiger partial charge on any atom is 0.338 e. The van der Waals surface area contributed by atoms with Crippen LogP contribution in [0.5, 0.6) is 11.5 Å². The van der Waals surface area contributed by atoms with Gasteiger partial charge in [-0.2, -0.15) is 0 Å². The maximum absolute atomic E-state index is 12.3. The Kier molecular flexibility index (Phi) is 9.92. The topological polar surface area (TPSA) is 105 Å². The van der Waals surface area contributed by atoms with E-state index in [-0.39, 0.29) is 35.9 Å². The molecular weight excluding hydrogens is 464 g/mol. The normalized spacial score (nSPS) is 10.1. The third-order valence-corrected chi connectivity index (χ3v) is 4.56. The molecular formula is C28H28O8. The Balaban J connectivity index is 2.13. The average Bonchev–Trinajstić information content (AvgIpc) is 2.83. The van der Waals surface area contributed by atoms with Gasteiger partial charge in [0, 0.05) is 29.2 Å². The molecule has 0 saturated heterocycles. The van der Waals surface area contributed by atoms with E-state index in [0.29, 0.717) is 28.7 Å². The first-order valence-corrected chi connectivity index (χ1v) is 11.0. The average molecular weight is 493 g/mol. The zero-order valence-corrected chi connectivity index (χ0v) is 20.6. The largest absolute Gasteiger partial charge is 0.462 e. The van der Waals surface area contributed by atoms with Gasteiger partial charge in [0.2, 0.25) is 0 Å². The molecule has 2 rings (SSSR count). The van der Waals surface area contributed by atoms with Crippen LogP contribution in [-0.2, 0) is 23.9 Å². The van der Waals surface area contributed by atoms with E-state index in [1.165, 1.54) is 19.9 Å². The van der Waals surface area contributed by atoms with Crippen LogP contribution in [0.3, 0.4) is 0 Å². The van der Waals surface area contributed by atoms with Crippen LogP contribution in [0.1, 0.15) is 37.6 Å². The van der Waals surface area contributed by atoms with Crippen LogP contribution in [0, 0.1) is 0 Å².